The molecule has 0 aliphatic rings. The van der Waals surface area contributed by atoms with Gasteiger partial charge in [-0.05, 0) is 31.0 Å². The number of benzene rings is 1. The Hall–Kier alpha value is -1.18. The highest BCUT2D eigenvalue weighted by Gasteiger charge is 1.93. The highest BCUT2D eigenvalue weighted by molar-refractivity contribution is 5.56. The van der Waals surface area contributed by atoms with Crippen LogP contribution < -0.4 is 10.6 Å². The first kappa shape index (κ1) is 10.9. The summed E-state index contributed by atoms with van der Waals surface area (Å²) < 4.78 is 0. The third-order valence-corrected chi connectivity index (χ3v) is 2.02. The first-order valence-corrected chi connectivity index (χ1v) is 5.44. The molecule has 0 saturated carbocycles. The Kier molecular flexibility index (Phi) is 4.90. The Balaban J connectivity index is 2.50. The van der Waals surface area contributed by atoms with Crippen LogP contribution >= 0.6 is 0 Å². The third kappa shape index (κ3) is 3.69. The van der Waals surface area contributed by atoms with Gasteiger partial charge in [0.1, 0.15) is 0 Å². The summed E-state index contributed by atoms with van der Waals surface area (Å²) >= 11 is 0. The van der Waals surface area contributed by atoms with Crippen LogP contribution in [0.4, 0.5) is 11.4 Å². The maximum Gasteiger partial charge on any atom is 0.0360 e. The lowest BCUT2D eigenvalue weighted by molar-refractivity contribution is 0.974. The van der Waals surface area contributed by atoms with E-state index in [1.54, 1.807) is 0 Å². The Morgan fingerprint density at radius 1 is 0.929 bits per heavy atom. The SMILES string of the molecule is CCCNc1cccc(NCCC)c1. The second-order valence-electron chi connectivity index (χ2n) is 3.43. The maximum absolute atomic E-state index is 3.37. The predicted octanol–water partition coefficient (Wildman–Crippen LogP) is 3.33. The molecule has 2 heteroatoms. The molecule has 0 heterocycles. The van der Waals surface area contributed by atoms with Gasteiger partial charge in [0.2, 0.25) is 0 Å². The van der Waals surface area contributed by atoms with Crippen molar-refractivity contribution in [3.63, 3.8) is 0 Å². The van der Waals surface area contributed by atoms with Gasteiger partial charge in [-0.15, -0.1) is 0 Å². The van der Waals surface area contributed by atoms with Gasteiger partial charge in [0.25, 0.3) is 0 Å². The average molecular weight is 192 g/mol. The topological polar surface area (TPSA) is 24.1 Å². The fourth-order valence-electron chi connectivity index (χ4n) is 1.28. The van der Waals surface area contributed by atoms with Crippen molar-refractivity contribution in [2.75, 3.05) is 23.7 Å². The van der Waals surface area contributed by atoms with Crippen LogP contribution in [0.2, 0.25) is 0 Å². The number of hydrogen-bond acceptors (Lipinski definition) is 2. The average Bonchev–Trinajstić information content (AvgIpc) is 2.24. The van der Waals surface area contributed by atoms with Gasteiger partial charge >= 0.3 is 0 Å². The summed E-state index contributed by atoms with van der Waals surface area (Å²) in [7, 11) is 0. The second-order valence-corrected chi connectivity index (χ2v) is 3.43. The van der Waals surface area contributed by atoms with Crippen molar-refractivity contribution in [1.29, 1.82) is 0 Å². The van der Waals surface area contributed by atoms with E-state index in [4.69, 9.17) is 0 Å². The maximum atomic E-state index is 3.37. The first-order valence-electron chi connectivity index (χ1n) is 5.44. The van der Waals surface area contributed by atoms with Gasteiger partial charge < -0.3 is 10.6 Å². The van der Waals surface area contributed by atoms with Crippen LogP contribution in [0.25, 0.3) is 0 Å². The van der Waals surface area contributed by atoms with Gasteiger partial charge in [-0.3, -0.25) is 0 Å². The Morgan fingerprint density at radius 2 is 1.43 bits per heavy atom. The summed E-state index contributed by atoms with van der Waals surface area (Å²) in [4.78, 5) is 0. The minimum atomic E-state index is 1.04. The van der Waals surface area contributed by atoms with E-state index in [2.05, 4.69) is 48.7 Å². The largest absolute Gasteiger partial charge is 0.385 e. The second kappa shape index (κ2) is 6.30. The van der Waals surface area contributed by atoms with E-state index in [1.165, 1.54) is 11.4 Å². The lowest BCUT2D eigenvalue weighted by Gasteiger charge is -2.08. The summed E-state index contributed by atoms with van der Waals surface area (Å²) in [5.41, 5.74) is 2.40. The van der Waals surface area contributed by atoms with Crippen LogP contribution in [-0.2, 0) is 0 Å². The summed E-state index contributed by atoms with van der Waals surface area (Å²) in [5.74, 6) is 0. The van der Waals surface area contributed by atoms with E-state index in [9.17, 15) is 0 Å². The molecule has 0 aliphatic heterocycles. The monoisotopic (exact) mass is 192 g/mol. The molecule has 0 saturated heterocycles. The van der Waals surface area contributed by atoms with Gasteiger partial charge in [-0.25, -0.2) is 0 Å². The van der Waals surface area contributed by atoms with E-state index >= 15 is 0 Å². The fourth-order valence-corrected chi connectivity index (χ4v) is 1.28. The Labute approximate surface area is 86.7 Å². The summed E-state index contributed by atoms with van der Waals surface area (Å²) in [6.45, 7) is 6.42. The lowest BCUT2D eigenvalue weighted by atomic mass is 10.2. The standard InChI is InChI=1S/C12H20N2/c1-3-8-13-11-6-5-7-12(10-11)14-9-4-2/h5-7,10,13-14H,3-4,8-9H2,1-2H3. The molecule has 0 fully saturated rings. The number of rotatable bonds is 6. The van der Waals surface area contributed by atoms with E-state index in [-0.39, 0.29) is 0 Å². The molecule has 1 aromatic rings. The highest BCUT2D eigenvalue weighted by Crippen LogP contribution is 2.14. The normalized spacial score (nSPS) is 9.86. The molecule has 0 aliphatic carbocycles. The minimum absolute atomic E-state index is 1.04. The zero-order chi connectivity index (χ0) is 10.2. The van der Waals surface area contributed by atoms with E-state index in [1.807, 2.05) is 0 Å². The molecule has 0 aromatic heterocycles. The van der Waals surface area contributed by atoms with Gasteiger partial charge in [0.15, 0.2) is 0 Å². The highest BCUT2D eigenvalue weighted by atomic mass is 14.9. The first-order chi connectivity index (χ1) is 6.86. The molecule has 0 unspecified atom stereocenters. The number of anilines is 2. The van der Waals surface area contributed by atoms with Crippen molar-refractivity contribution in [1.82, 2.24) is 0 Å². The van der Waals surface area contributed by atoms with Gasteiger partial charge in [0.05, 0.1) is 0 Å². The van der Waals surface area contributed by atoms with E-state index in [0.29, 0.717) is 0 Å². The summed E-state index contributed by atoms with van der Waals surface area (Å²) in [6.07, 6.45) is 2.32. The Bertz CT molecular complexity index is 235. The van der Waals surface area contributed by atoms with Crippen LogP contribution in [0, 0.1) is 0 Å². The molecule has 1 rings (SSSR count). The fraction of sp³-hybridized carbons (Fsp3) is 0.500. The Morgan fingerprint density at radius 3 is 1.86 bits per heavy atom. The molecule has 2 N–H and O–H groups in total. The molecular weight excluding hydrogens is 172 g/mol. The lowest BCUT2D eigenvalue weighted by Crippen LogP contribution is -2.02. The molecule has 1 aromatic carbocycles. The molecule has 0 spiro atoms. The summed E-state index contributed by atoms with van der Waals surface area (Å²) in [5, 5.41) is 6.74. The molecule has 0 amide bonds. The molecular formula is C12H20N2. The van der Waals surface area contributed by atoms with Crippen molar-refractivity contribution in [3.05, 3.63) is 24.3 Å². The molecule has 0 bridgehead atoms. The molecule has 14 heavy (non-hydrogen) atoms. The molecule has 78 valence electrons. The number of nitrogens with one attached hydrogen (secondary N) is 2. The summed E-state index contributed by atoms with van der Waals surface area (Å²) in [6, 6.07) is 8.45. The molecule has 2 nitrogen and oxygen atoms in total. The van der Waals surface area contributed by atoms with Crippen LogP contribution in [0.15, 0.2) is 24.3 Å². The molecule has 0 atom stereocenters. The van der Waals surface area contributed by atoms with Crippen molar-refractivity contribution >= 4 is 11.4 Å². The zero-order valence-electron chi connectivity index (χ0n) is 9.14. The van der Waals surface area contributed by atoms with Crippen molar-refractivity contribution < 1.29 is 0 Å². The van der Waals surface area contributed by atoms with Crippen LogP contribution in [0.3, 0.4) is 0 Å². The van der Waals surface area contributed by atoms with Crippen molar-refractivity contribution in [3.8, 4) is 0 Å². The molecule has 0 radical (unpaired) electrons. The van der Waals surface area contributed by atoms with Crippen LogP contribution in [0.1, 0.15) is 26.7 Å². The quantitative estimate of drug-likeness (QED) is 0.722. The number of hydrogen-bond donors (Lipinski definition) is 2. The van der Waals surface area contributed by atoms with Crippen LogP contribution in [-0.4, -0.2) is 13.1 Å². The van der Waals surface area contributed by atoms with Crippen molar-refractivity contribution in [2.45, 2.75) is 26.7 Å². The van der Waals surface area contributed by atoms with Gasteiger partial charge in [-0.2, -0.15) is 0 Å². The van der Waals surface area contributed by atoms with E-state index in [0.717, 1.165) is 25.9 Å². The smallest absolute Gasteiger partial charge is 0.0360 e. The van der Waals surface area contributed by atoms with E-state index < -0.39 is 0 Å². The van der Waals surface area contributed by atoms with Gasteiger partial charge in [-0.1, -0.05) is 19.9 Å². The zero-order valence-corrected chi connectivity index (χ0v) is 9.14. The van der Waals surface area contributed by atoms with Crippen LogP contribution in [0.5, 0.6) is 0 Å². The van der Waals surface area contributed by atoms with Crippen molar-refractivity contribution in [2.24, 2.45) is 0 Å². The minimum Gasteiger partial charge on any atom is -0.385 e. The third-order valence-electron chi connectivity index (χ3n) is 2.02. The van der Waals surface area contributed by atoms with Gasteiger partial charge in [0, 0.05) is 24.5 Å². The predicted molar refractivity (Wildman–Crippen MR) is 64.0 cm³/mol.